The minimum absolute atomic E-state index is 0.0519. The van der Waals surface area contributed by atoms with Gasteiger partial charge >= 0.3 is 5.97 Å². The van der Waals surface area contributed by atoms with Gasteiger partial charge in [-0.3, -0.25) is 9.59 Å². The molecule has 1 aliphatic heterocycles. The lowest BCUT2D eigenvalue weighted by Gasteiger charge is -2.35. The molecule has 1 rings (SSSR count). The van der Waals surface area contributed by atoms with Gasteiger partial charge in [0, 0.05) is 26.8 Å². The van der Waals surface area contributed by atoms with E-state index in [4.69, 9.17) is 14.2 Å². The topological polar surface area (TPSA) is 77.1 Å². The average molecular weight is 401 g/mol. The van der Waals surface area contributed by atoms with Crippen LogP contribution in [-0.2, 0) is 23.8 Å². The van der Waals surface area contributed by atoms with Crippen LogP contribution in [0.4, 0.5) is 0 Å². The van der Waals surface area contributed by atoms with Crippen LogP contribution in [0.5, 0.6) is 0 Å². The Bertz CT molecular complexity index is 487. The zero-order valence-electron chi connectivity index (χ0n) is 18.7. The number of carbonyl (C=O) groups is 2. The molecule has 1 amide bonds. The first-order valence-corrected chi connectivity index (χ1v) is 10.5. The van der Waals surface area contributed by atoms with Crippen molar-refractivity contribution in [3.05, 3.63) is 0 Å². The van der Waals surface area contributed by atoms with Crippen LogP contribution in [0.15, 0.2) is 0 Å². The summed E-state index contributed by atoms with van der Waals surface area (Å²) < 4.78 is 16.5. The van der Waals surface area contributed by atoms with Crippen LogP contribution in [0.25, 0.3) is 0 Å². The number of likely N-dealkylation sites (N-methyl/N-ethyl adjacent to an activating group) is 1. The van der Waals surface area contributed by atoms with Crippen molar-refractivity contribution in [2.24, 2.45) is 11.8 Å². The quantitative estimate of drug-likeness (QED) is 0.506. The standard InChI is InChI=1S/C21H40N2O5/c1-8-14(3)19(22-5)17(26-6)13-18(24)23-12-10-11-16(23)20(27-7)15(4)21(25)28-9-2/h14-17,19-20,22H,8-13H2,1-7H3/t14-,15+,16-,17+,19-,20+/m0/s1. The first kappa shape index (κ1) is 24.9. The summed E-state index contributed by atoms with van der Waals surface area (Å²) in [6, 6.07) is -0.0114. The predicted molar refractivity (Wildman–Crippen MR) is 109 cm³/mol. The Morgan fingerprint density at radius 2 is 1.86 bits per heavy atom. The molecule has 1 aliphatic rings. The highest BCUT2D eigenvalue weighted by molar-refractivity contribution is 5.78. The molecular formula is C21H40N2O5. The Hall–Kier alpha value is -1.18. The molecule has 0 saturated carbocycles. The minimum atomic E-state index is -0.424. The molecule has 1 fully saturated rings. The summed E-state index contributed by atoms with van der Waals surface area (Å²) in [6.07, 6.45) is 2.48. The predicted octanol–water partition coefficient (Wildman–Crippen LogP) is 2.23. The monoisotopic (exact) mass is 400 g/mol. The number of methoxy groups -OCH3 is 2. The van der Waals surface area contributed by atoms with E-state index in [1.54, 1.807) is 21.1 Å². The van der Waals surface area contributed by atoms with E-state index in [0.29, 0.717) is 25.5 Å². The van der Waals surface area contributed by atoms with Crippen molar-refractivity contribution in [2.75, 3.05) is 34.4 Å². The van der Waals surface area contributed by atoms with Gasteiger partial charge in [0.1, 0.15) is 0 Å². The molecule has 1 N–H and O–H groups in total. The van der Waals surface area contributed by atoms with Crippen molar-refractivity contribution in [2.45, 2.75) is 77.7 Å². The minimum Gasteiger partial charge on any atom is -0.466 e. The van der Waals surface area contributed by atoms with Crippen LogP contribution in [0.3, 0.4) is 0 Å². The highest BCUT2D eigenvalue weighted by Gasteiger charge is 2.41. The SMILES string of the molecule is CCOC(=O)[C@H](C)[C@@H](OC)[C@@H]1CCCN1C(=O)C[C@@H](OC)[C@@H](NC)[C@@H](C)CC. The van der Waals surface area contributed by atoms with Crippen molar-refractivity contribution >= 4 is 11.9 Å². The highest BCUT2D eigenvalue weighted by Crippen LogP contribution is 2.28. The average Bonchev–Trinajstić information content (AvgIpc) is 3.17. The van der Waals surface area contributed by atoms with Crippen LogP contribution >= 0.6 is 0 Å². The summed E-state index contributed by atoms with van der Waals surface area (Å²) in [5, 5.41) is 3.31. The van der Waals surface area contributed by atoms with E-state index in [9.17, 15) is 9.59 Å². The Labute approximate surface area is 170 Å². The van der Waals surface area contributed by atoms with Crippen molar-refractivity contribution in [3.8, 4) is 0 Å². The van der Waals surface area contributed by atoms with Gasteiger partial charge in [-0.25, -0.2) is 0 Å². The Morgan fingerprint density at radius 1 is 1.18 bits per heavy atom. The largest absolute Gasteiger partial charge is 0.466 e. The second-order valence-corrected chi connectivity index (χ2v) is 7.72. The third-order valence-electron chi connectivity index (χ3n) is 6.09. The number of amides is 1. The third kappa shape index (κ3) is 6.16. The van der Waals surface area contributed by atoms with Crippen LogP contribution in [0, 0.1) is 11.8 Å². The molecule has 1 heterocycles. The molecule has 0 bridgehead atoms. The van der Waals surface area contributed by atoms with Crippen molar-refractivity contribution in [3.63, 3.8) is 0 Å². The van der Waals surface area contributed by atoms with Gasteiger partial charge in [-0.2, -0.15) is 0 Å². The van der Waals surface area contributed by atoms with E-state index in [-0.39, 0.29) is 36.2 Å². The molecule has 0 aromatic heterocycles. The van der Waals surface area contributed by atoms with Gasteiger partial charge in [0.25, 0.3) is 0 Å². The van der Waals surface area contributed by atoms with E-state index in [2.05, 4.69) is 19.2 Å². The van der Waals surface area contributed by atoms with Gasteiger partial charge in [-0.15, -0.1) is 0 Å². The van der Waals surface area contributed by atoms with Crippen LogP contribution < -0.4 is 5.32 Å². The fourth-order valence-electron chi connectivity index (χ4n) is 4.28. The van der Waals surface area contributed by atoms with E-state index in [1.807, 2.05) is 18.9 Å². The fraction of sp³-hybridized carbons (Fsp3) is 0.905. The summed E-state index contributed by atoms with van der Waals surface area (Å²) in [5.74, 6) is -0.258. The van der Waals surface area contributed by atoms with Crippen molar-refractivity contribution in [1.82, 2.24) is 10.2 Å². The number of nitrogens with one attached hydrogen (secondary N) is 1. The lowest BCUT2D eigenvalue weighted by Crippen LogP contribution is -2.51. The molecule has 0 aromatic carbocycles. The number of hydrogen-bond acceptors (Lipinski definition) is 6. The summed E-state index contributed by atoms with van der Waals surface area (Å²) in [4.78, 5) is 27.2. The number of hydrogen-bond donors (Lipinski definition) is 1. The first-order valence-electron chi connectivity index (χ1n) is 10.5. The van der Waals surface area contributed by atoms with E-state index < -0.39 is 5.92 Å². The number of nitrogens with zero attached hydrogens (tertiary/aromatic N) is 1. The Balaban J connectivity index is 2.88. The number of esters is 1. The van der Waals surface area contributed by atoms with Gasteiger partial charge in [-0.1, -0.05) is 20.3 Å². The lowest BCUT2D eigenvalue weighted by molar-refractivity contribution is -0.156. The zero-order chi connectivity index (χ0) is 21.3. The fourth-order valence-corrected chi connectivity index (χ4v) is 4.28. The molecule has 0 spiro atoms. The number of ether oxygens (including phenoxy) is 3. The summed E-state index contributed by atoms with van der Waals surface area (Å²) in [7, 11) is 5.17. The second kappa shape index (κ2) is 12.4. The molecule has 7 nitrogen and oxygen atoms in total. The molecule has 7 heteroatoms. The molecule has 164 valence electrons. The Kier molecular flexibility index (Phi) is 11.0. The molecule has 1 saturated heterocycles. The maximum Gasteiger partial charge on any atom is 0.311 e. The summed E-state index contributed by atoms with van der Waals surface area (Å²) in [6.45, 7) is 8.92. The summed E-state index contributed by atoms with van der Waals surface area (Å²) in [5.41, 5.74) is 0. The molecule has 0 radical (unpaired) electrons. The molecule has 0 aromatic rings. The number of carbonyl (C=O) groups excluding carboxylic acids is 2. The number of likely N-dealkylation sites (tertiary alicyclic amines) is 1. The van der Waals surface area contributed by atoms with Gasteiger partial charge < -0.3 is 24.4 Å². The number of rotatable bonds is 12. The van der Waals surface area contributed by atoms with Gasteiger partial charge in [0.2, 0.25) is 5.91 Å². The van der Waals surface area contributed by atoms with E-state index >= 15 is 0 Å². The second-order valence-electron chi connectivity index (χ2n) is 7.72. The maximum atomic E-state index is 13.1. The maximum absolute atomic E-state index is 13.1. The molecule has 0 unspecified atom stereocenters. The van der Waals surface area contributed by atoms with Gasteiger partial charge in [0.05, 0.1) is 37.2 Å². The van der Waals surface area contributed by atoms with E-state index in [1.165, 1.54) is 0 Å². The first-order chi connectivity index (χ1) is 13.4. The van der Waals surface area contributed by atoms with Gasteiger partial charge in [-0.05, 0) is 39.7 Å². The zero-order valence-corrected chi connectivity index (χ0v) is 18.7. The smallest absolute Gasteiger partial charge is 0.311 e. The Morgan fingerprint density at radius 3 is 2.36 bits per heavy atom. The molecule has 0 aliphatic carbocycles. The van der Waals surface area contributed by atoms with Gasteiger partial charge in [0.15, 0.2) is 0 Å². The van der Waals surface area contributed by atoms with Crippen LogP contribution in [-0.4, -0.2) is 75.5 Å². The normalized spacial score (nSPS) is 22.4. The third-order valence-corrected chi connectivity index (χ3v) is 6.09. The molecule has 28 heavy (non-hydrogen) atoms. The molecular weight excluding hydrogens is 360 g/mol. The molecule has 6 atom stereocenters. The van der Waals surface area contributed by atoms with Crippen LogP contribution in [0.1, 0.15) is 53.4 Å². The van der Waals surface area contributed by atoms with Crippen molar-refractivity contribution in [1.29, 1.82) is 0 Å². The lowest BCUT2D eigenvalue weighted by atomic mass is 9.92. The van der Waals surface area contributed by atoms with E-state index in [0.717, 1.165) is 19.3 Å². The summed E-state index contributed by atoms with van der Waals surface area (Å²) >= 11 is 0. The van der Waals surface area contributed by atoms with Crippen LogP contribution in [0.2, 0.25) is 0 Å². The highest BCUT2D eigenvalue weighted by atomic mass is 16.5. The van der Waals surface area contributed by atoms with Crippen molar-refractivity contribution < 1.29 is 23.8 Å².